The minimum absolute atomic E-state index is 0.0420. The maximum absolute atomic E-state index is 12.5. The molecule has 0 heterocycles. The molecule has 0 aromatic rings. The summed E-state index contributed by atoms with van der Waals surface area (Å²) in [5.41, 5.74) is 0. The summed E-state index contributed by atoms with van der Waals surface area (Å²) in [5.74, 6) is -3.16. The van der Waals surface area contributed by atoms with Crippen LogP contribution in [0, 0.1) is 11.8 Å². The predicted octanol–water partition coefficient (Wildman–Crippen LogP) is 3.98. The van der Waals surface area contributed by atoms with Crippen LogP contribution >= 0.6 is 11.6 Å². The van der Waals surface area contributed by atoms with E-state index in [4.69, 9.17) is 11.6 Å². The molecule has 0 spiro atoms. The number of carbonyl (C=O) groups excluding carboxylic acids is 1. The quantitative estimate of drug-likeness (QED) is 0.560. The number of alkyl halides is 7. The Hall–Kier alpha value is -0.660. The fourth-order valence-electron chi connectivity index (χ4n) is 2.51. The molecule has 0 unspecified atom stereocenters. The lowest BCUT2D eigenvalue weighted by atomic mass is 9.81. The molecule has 124 valence electrons. The van der Waals surface area contributed by atoms with Gasteiger partial charge >= 0.3 is 12.4 Å². The molecular weight excluding hydrogens is 324 g/mol. The number of carbonyl (C=O) groups is 1. The van der Waals surface area contributed by atoms with E-state index in [2.05, 4.69) is 0 Å². The zero-order valence-corrected chi connectivity index (χ0v) is 11.9. The molecule has 21 heavy (non-hydrogen) atoms. The van der Waals surface area contributed by atoms with Crippen LogP contribution in [0.25, 0.3) is 0 Å². The van der Waals surface area contributed by atoms with E-state index in [-0.39, 0.29) is 38.1 Å². The molecule has 0 saturated heterocycles. The Morgan fingerprint density at radius 2 is 1.57 bits per heavy atom. The van der Waals surface area contributed by atoms with Crippen molar-refractivity contribution >= 4 is 17.5 Å². The summed E-state index contributed by atoms with van der Waals surface area (Å²) in [6, 6.07) is 0. The molecule has 1 aliphatic carbocycles. The minimum atomic E-state index is -4.55. The number of hydrogen-bond acceptors (Lipinski definition) is 1. The largest absolute Gasteiger partial charge is 0.406 e. The lowest BCUT2D eigenvalue weighted by Gasteiger charge is -2.33. The van der Waals surface area contributed by atoms with Crippen LogP contribution < -0.4 is 0 Å². The Bertz CT molecular complexity index is 349. The van der Waals surface area contributed by atoms with Crippen molar-refractivity contribution < 1.29 is 31.1 Å². The van der Waals surface area contributed by atoms with Crippen molar-refractivity contribution in [2.24, 2.45) is 11.8 Å². The monoisotopic (exact) mass is 339 g/mol. The second kappa shape index (κ2) is 7.07. The molecular formula is C12H16ClF6NO. The van der Waals surface area contributed by atoms with Crippen LogP contribution in [-0.4, -0.2) is 42.1 Å². The van der Waals surface area contributed by atoms with E-state index in [1.807, 2.05) is 0 Å². The van der Waals surface area contributed by atoms with Crippen molar-refractivity contribution in [3.8, 4) is 0 Å². The number of nitrogens with zero attached hydrogens (tertiary/aromatic N) is 1. The van der Waals surface area contributed by atoms with Gasteiger partial charge in [-0.05, 0) is 25.7 Å². The number of halogens is 7. The van der Waals surface area contributed by atoms with Crippen LogP contribution in [0.2, 0.25) is 0 Å². The molecule has 0 N–H and O–H groups in total. The molecule has 0 aliphatic heterocycles. The van der Waals surface area contributed by atoms with Crippen LogP contribution in [0.15, 0.2) is 0 Å². The Labute approximate surface area is 123 Å². The maximum Gasteiger partial charge on any atom is 0.406 e. The van der Waals surface area contributed by atoms with Gasteiger partial charge in [0.25, 0.3) is 0 Å². The van der Waals surface area contributed by atoms with Crippen molar-refractivity contribution in [3.63, 3.8) is 0 Å². The third-order valence-electron chi connectivity index (χ3n) is 3.58. The summed E-state index contributed by atoms with van der Waals surface area (Å²) in [4.78, 5) is 12.6. The van der Waals surface area contributed by atoms with E-state index >= 15 is 0 Å². The first-order valence-electron chi connectivity index (χ1n) is 6.53. The second-order valence-corrected chi connectivity index (χ2v) is 5.53. The molecule has 0 bridgehead atoms. The van der Waals surface area contributed by atoms with Gasteiger partial charge in [-0.25, -0.2) is 0 Å². The Morgan fingerprint density at radius 1 is 1.05 bits per heavy atom. The summed E-state index contributed by atoms with van der Waals surface area (Å²) in [6.45, 7) is -1.68. The normalized spacial score (nSPS) is 24.0. The SMILES string of the molecule is O=C(C1CCC(C(F)(F)F)CC1)N(CCCl)CC(F)(F)F. The Kier molecular flexibility index (Phi) is 6.19. The fourth-order valence-corrected chi connectivity index (χ4v) is 2.72. The van der Waals surface area contributed by atoms with Crippen LogP contribution in [0.3, 0.4) is 0 Å². The number of hydrogen-bond donors (Lipinski definition) is 0. The van der Waals surface area contributed by atoms with Crippen LogP contribution in [0.5, 0.6) is 0 Å². The van der Waals surface area contributed by atoms with Gasteiger partial charge in [-0.15, -0.1) is 11.6 Å². The average molecular weight is 340 g/mol. The summed E-state index contributed by atoms with van der Waals surface area (Å²) in [5, 5.41) is 0. The van der Waals surface area contributed by atoms with Gasteiger partial charge in [0, 0.05) is 18.3 Å². The molecule has 0 aromatic heterocycles. The number of rotatable bonds is 4. The lowest BCUT2D eigenvalue weighted by molar-refractivity contribution is -0.186. The van der Waals surface area contributed by atoms with Crippen LogP contribution in [-0.2, 0) is 4.79 Å². The zero-order valence-electron chi connectivity index (χ0n) is 11.1. The van der Waals surface area contributed by atoms with Crippen molar-refractivity contribution in [3.05, 3.63) is 0 Å². The summed E-state index contributed by atoms with van der Waals surface area (Å²) < 4.78 is 74.7. The fraction of sp³-hybridized carbons (Fsp3) is 0.917. The first-order chi connectivity index (χ1) is 9.54. The molecule has 0 aromatic carbocycles. The summed E-state index contributed by atoms with van der Waals surface area (Å²) in [6.07, 6.45) is -9.39. The number of amides is 1. The first kappa shape index (κ1) is 18.4. The van der Waals surface area contributed by atoms with Crippen molar-refractivity contribution in [1.82, 2.24) is 4.90 Å². The van der Waals surface area contributed by atoms with Gasteiger partial charge in [0.1, 0.15) is 6.54 Å². The predicted molar refractivity (Wildman–Crippen MR) is 64.9 cm³/mol. The van der Waals surface area contributed by atoms with Gasteiger partial charge in [-0.1, -0.05) is 0 Å². The molecule has 1 saturated carbocycles. The van der Waals surface area contributed by atoms with E-state index in [0.717, 1.165) is 0 Å². The zero-order chi connectivity index (χ0) is 16.3. The Morgan fingerprint density at radius 3 is 1.95 bits per heavy atom. The molecule has 1 rings (SSSR count). The van der Waals surface area contributed by atoms with Crippen molar-refractivity contribution in [1.29, 1.82) is 0 Å². The Balaban J connectivity index is 2.61. The smallest absolute Gasteiger partial charge is 0.332 e. The van der Waals surface area contributed by atoms with Gasteiger partial charge in [0.05, 0.1) is 5.92 Å². The molecule has 1 fully saturated rings. The van der Waals surface area contributed by atoms with Crippen molar-refractivity contribution in [2.45, 2.75) is 38.0 Å². The molecule has 9 heteroatoms. The van der Waals surface area contributed by atoms with E-state index in [9.17, 15) is 31.1 Å². The highest BCUT2D eigenvalue weighted by atomic mass is 35.5. The topological polar surface area (TPSA) is 20.3 Å². The molecule has 1 amide bonds. The molecule has 0 atom stereocenters. The third kappa shape index (κ3) is 5.92. The van der Waals surface area contributed by atoms with Gasteiger partial charge in [0.15, 0.2) is 0 Å². The standard InChI is InChI=1S/C12H16ClF6NO/c13-5-6-20(7-11(14,15)16)10(21)8-1-3-9(4-2-8)12(17,18)19/h8-9H,1-7H2. The summed E-state index contributed by atoms with van der Waals surface area (Å²) >= 11 is 5.38. The van der Waals surface area contributed by atoms with E-state index in [1.54, 1.807) is 0 Å². The van der Waals surface area contributed by atoms with E-state index in [1.165, 1.54) is 0 Å². The highest BCUT2D eigenvalue weighted by molar-refractivity contribution is 6.18. The van der Waals surface area contributed by atoms with Gasteiger partial charge in [-0.2, -0.15) is 26.3 Å². The lowest BCUT2D eigenvalue weighted by Crippen LogP contribution is -2.44. The van der Waals surface area contributed by atoms with Gasteiger partial charge in [0.2, 0.25) is 5.91 Å². The second-order valence-electron chi connectivity index (χ2n) is 5.15. The molecule has 2 nitrogen and oxygen atoms in total. The van der Waals surface area contributed by atoms with Gasteiger partial charge in [-0.3, -0.25) is 4.79 Å². The van der Waals surface area contributed by atoms with E-state index in [0.29, 0.717) is 4.90 Å². The third-order valence-corrected chi connectivity index (χ3v) is 3.74. The maximum atomic E-state index is 12.5. The molecule has 0 radical (unpaired) electrons. The highest BCUT2D eigenvalue weighted by Gasteiger charge is 2.43. The van der Waals surface area contributed by atoms with E-state index < -0.39 is 36.6 Å². The van der Waals surface area contributed by atoms with Crippen molar-refractivity contribution in [2.75, 3.05) is 19.0 Å². The van der Waals surface area contributed by atoms with Gasteiger partial charge < -0.3 is 4.90 Å². The minimum Gasteiger partial charge on any atom is -0.332 e. The first-order valence-corrected chi connectivity index (χ1v) is 7.06. The summed E-state index contributed by atoms with van der Waals surface area (Å²) in [7, 11) is 0. The van der Waals surface area contributed by atoms with Crippen LogP contribution in [0.1, 0.15) is 25.7 Å². The average Bonchev–Trinajstić information content (AvgIpc) is 2.35. The molecule has 1 aliphatic rings. The van der Waals surface area contributed by atoms with Crippen LogP contribution in [0.4, 0.5) is 26.3 Å². The highest BCUT2D eigenvalue weighted by Crippen LogP contribution is 2.40.